The molecule has 74 valence electrons. The van der Waals surface area contributed by atoms with Gasteiger partial charge in [0.05, 0.1) is 5.60 Å². The second-order valence-electron chi connectivity index (χ2n) is 3.17. The van der Waals surface area contributed by atoms with Gasteiger partial charge in [0.25, 0.3) is 0 Å². The first-order chi connectivity index (χ1) is 5.74. The molecule has 0 radical (unpaired) electrons. The van der Waals surface area contributed by atoms with E-state index in [0.717, 1.165) is 25.3 Å². The fourth-order valence-corrected chi connectivity index (χ4v) is 2.73. The van der Waals surface area contributed by atoms with E-state index in [2.05, 4.69) is 20.8 Å². The summed E-state index contributed by atoms with van der Waals surface area (Å²) in [6, 6.07) is 0.891. The van der Waals surface area contributed by atoms with Crippen LogP contribution >= 0.6 is 0 Å². The molecule has 0 aromatic rings. The van der Waals surface area contributed by atoms with Crippen molar-refractivity contribution in [3.8, 4) is 0 Å². The Balaban J connectivity index is 3.76. The molecule has 0 aliphatic rings. The average Bonchev–Trinajstić information content (AvgIpc) is 2.14. The molecule has 0 aliphatic heterocycles. The van der Waals surface area contributed by atoms with Crippen molar-refractivity contribution in [2.24, 2.45) is 0 Å². The summed E-state index contributed by atoms with van der Waals surface area (Å²) in [6.07, 6.45) is 3.29. The number of hydrogen-bond acceptors (Lipinski definition) is 2. The highest BCUT2D eigenvalue weighted by atomic mass is 28.2. The molecule has 0 atom stereocenters. The Labute approximate surface area is 78.3 Å². The average molecular weight is 190 g/mol. The zero-order chi connectivity index (χ0) is 9.45. The largest absolute Gasteiger partial charge is 0.418 e. The van der Waals surface area contributed by atoms with E-state index in [4.69, 9.17) is 9.53 Å². The Bertz CT molecular complexity index is 94.4. The minimum absolute atomic E-state index is 0.126. The predicted octanol–water partition coefficient (Wildman–Crippen LogP) is 1.47. The van der Waals surface area contributed by atoms with Crippen molar-refractivity contribution in [1.82, 2.24) is 0 Å². The SMILES string of the molecule is CCC(CC)(CC)O[SiH2]CCO. The molecule has 2 nitrogen and oxygen atoms in total. The summed E-state index contributed by atoms with van der Waals surface area (Å²) in [7, 11) is -0.476. The fourth-order valence-electron chi connectivity index (χ4n) is 1.41. The number of aliphatic hydroxyl groups excluding tert-OH is 1. The van der Waals surface area contributed by atoms with Crippen molar-refractivity contribution >= 4 is 9.76 Å². The van der Waals surface area contributed by atoms with Gasteiger partial charge in [0.2, 0.25) is 0 Å². The van der Waals surface area contributed by atoms with E-state index in [1.54, 1.807) is 0 Å². The molecule has 0 heterocycles. The second-order valence-corrected chi connectivity index (χ2v) is 4.57. The number of hydrogen-bond donors (Lipinski definition) is 1. The molecular formula is C9H22O2Si. The first-order valence-corrected chi connectivity index (χ1v) is 6.57. The Morgan fingerprint density at radius 1 is 1.17 bits per heavy atom. The van der Waals surface area contributed by atoms with Crippen molar-refractivity contribution in [1.29, 1.82) is 0 Å². The van der Waals surface area contributed by atoms with Gasteiger partial charge in [-0.15, -0.1) is 0 Å². The molecule has 0 aromatic heterocycles. The quantitative estimate of drug-likeness (QED) is 0.486. The summed E-state index contributed by atoms with van der Waals surface area (Å²) in [5.41, 5.74) is 0.126. The van der Waals surface area contributed by atoms with Crippen molar-refractivity contribution in [3.05, 3.63) is 0 Å². The molecule has 1 N–H and O–H groups in total. The predicted molar refractivity (Wildman–Crippen MR) is 55.1 cm³/mol. The van der Waals surface area contributed by atoms with E-state index in [0.29, 0.717) is 6.61 Å². The lowest BCUT2D eigenvalue weighted by molar-refractivity contribution is 0.0593. The molecule has 0 saturated heterocycles. The van der Waals surface area contributed by atoms with E-state index in [9.17, 15) is 0 Å². The van der Waals surface area contributed by atoms with Gasteiger partial charge in [-0.2, -0.15) is 0 Å². The Kier molecular flexibility index (Phi) is 6.71. The van der Waals surface area contributed by atoms with Crippen LogP contribution in [0.2, 0.25) is 6.04 Å². The van der Waals surface area contributed by atoms with E-state index >= 15 is 0 Å². The van der Waals surface area contributed by atoms with Gasteiger partial charge in [-0.25, -0.2) is 0 Å². The van der Waals surface area contributed by atoms with Crippen LogP contribution in [0.4, 0.5) is 0 Å². The summed E-state index contributed by atoms with van der Waals surface area (Å²) in [5, 5.41) is 8.64. The molecule has 0 spiro atoms. The van der Waals surface area contributed by atoms with Crippen LogP contribution < -0.4 is 0 Å². The lowest BCUT2D eigenvalue weighted by Gasteiger charge is -2.31. The van der Waals surface area contributed by atoms with Crippen LogP contribution in [0.15, 0.2) is 0 Å². The molecule has 12 heavy (non-hydrogen) atoms. The maximum absolute atomic E-state index is 8.64. The molecule has 0 amide bonds. The zero-order valence-electron chi connectivity index (χ0n) is 8.60. The smallest absolute Gasteiger partial charge is 0.164 e. The summed E-state index contributed by atoms with van der Waals surface area (Å²) in [6.45, 7) is 6.83. The molecule has 0 saturated carbocycles. The Morgan fingerprint density at radius 2 is 1.67 bits per heavy atom. The molecule has 0 aromatic carbocycles. The van der Waals surface area contributed by atoms with Gasteiger partial charge >= 0.3 is 0 Å². The summed E-state index contributed by atoms with van der Waals surface area (Å²) >= 11 is 0. The fraction of sp³-hybridized carbons (Fsp3) is 1.00. The van der Waals surface area contributed by atoms with Crippen LogP contribution in [-0.4, -0.2) is 27.1 Å². The molecule has 0 aliphatic carbocycles. The van der Waals surface area contributed by atoms with Gasteiger partial charge in [-0.3, -0.25) is 0 Å². The highest BCUT2D eigenvalue weighted by Crippen LogP contribution is 2.23. The van der Waals surface area contributed by atoms with Crippen LogP contribution in [0.5, 0.6) is 0 Å². The van der Waals surface area contributed by atoms with Crippen LogP contribution in [-0.2, 0) is 4.43 Å². The van der Waals surface area contributed by atoms with Crippen LogP contribution in [0, 0.1) is 0 Å². The first-order valence-electron chi connectivity index (χ1n) is 4.99. The maximum Gasteiger partial charge on any atom is 0.164 e. The van der Waals surface area contributed by atoms with Gasteiger partial charge in [-0.05, 0) is 25.3 Å². The summed E-state index contributed by atoms with van der Waals surface area (Å²) in [4.78, 5) is 0. The third kappa shape index (κ3) is 3.69. The Hall–Kier alpha value is 0.137. The normalized spacial score (nSPS) is 13.0. The zero-order valence-corrected chi connectivity index (χ0v) is 10.0. The van der Waals surface area contributed by atoms with Gasteiger partial charge in [-0.1, -0.05) is 20.8 Å². The van der Waals surface area contributed by atoms with Gasteiger partial charge < -0.3 is 9.53 Å². The van der Waals surface area contributed by atoms with Crippen LogP contribution in [0.25, 0.3) is 0 Å². The minimum atomic E-state index is -0.476. The van der Waals surface area contributed by atoms with E-state index in [1.165, 1.54) is 0 Å². The topological polar surface area (TPSA) is 29.5 Å². The number of aliphatic hydroxyl groups is 1. The van der Waals surface area contributed by atoms with Crippen LogP contribution in [0.3, 0.4) is 0 Å². The van der Waals surface area contributed by atoms with E-state index in [1.807, 2.05) is 0 Å². The lowest BCUT2D eigenvalue weighted by atomic mass is 9.95. The van der Waals surface area contributed by atoms with Crippen molar-refractivity contribution in [3.63, 3.8) is 0 Å². The third-order valence-electron chi connectivity index (χ3n) is 2.64. The molecular weight excluding hydrogens is 168 g/mol. The van der Waals surface area contributed by atoms with Crippen LogP contribution in [0.1, 0.15) is 40.0 Å². The summed E-state index contributed by atoms with van der Waals surface area (Å²) < 4.78 is 5.90. The minimum Gasteiger partial charge on any atom is -0.418 e. The molecule has 0 bridgehead atoms. The molecule has 0 unspecified atom stereocenters. The van der Waals surface area contributed by atoms with Gasteiger partial charge in [0.1, 0.15) is 0 Å². The van der Waals surface area contributed by atoms with Gasteiger partial charge in [0.15, 0.2) is 9.76 Å². The lowest BCUT2D eigenvalue weighted by Crippen LogP contribution is -2.31. The highest BCUT2D eigenvalue weighted by Gasteiger charge is 2.23. The maximum atomic E-state index is 8.64. The molecule has 0 rings (SSSR count). The van der Waals surface area contributed by atoms with E-state index in [-0.39, 0.29) is 5.60 Å². The van der Waals surface area contributed by atoms with Crippen molar-refractivity contribution in [2.75, 3.05) is 6.61 Å². The molecule has 0 fully saturated rings. The van der Waals surface area contributed by atoms with Gasteiger partial charge in [0, 0.05) is 6.61 Å². The van der Waals surface area contributed by atoms with Crippen molar-refractivity contribution < 1.29 is 9.53 Å². The summed E-state index contributed by atoms with van der Waals surface area (Å²) in [5.74, 6) is 0. The van der Waals surface area contributed by atoms with Crippen molar-refractivity contribution in [2.45, 2.75) is 51.7 Å². The first kappa shape index (κ1) is 12.1. The highest BCUT2D eigenvalue weighted by molar-refractivity contribution is 6.27. The standard InChI is InChI=1S/C9H22O2Si/c1-4-9(5-2,6-3)11-12-8-7-10/h10H,4-8,12H2,1-3H3. The second kappa shape index (κ2) is 6.63. The molecule has 3 heteroatoms. The Morgan fingerprint density at radius 3 is 2.00 bits per heavy atom. The third-order valence-corrected chi connectivity index (χ3v) is 4.07. The number of rotatable bonds is 7. The monoisotopic (exact) mass is 190 g/mol. The van der Waals surface area contributed by atoms with E-state index < -0.39 is 9.76 Å².